The number of halogens is 4. The van der Waals surface area contributed by atoms with Gasteiger partial charge in [0.05, 0.1) is 24.2 Å². The Morgan fingerprint density at radius 3 is 2.40 bits per heavy atom. The Morgan fingerprint density at radius 2 is 1.77 bits per heavy atom. The SMILES string of the molecule is CC(C)n1nccc1C(O)N[C@H](C(=O)Nc1ccc2c(c1)CCC2C(=O)N1C[C@@H](F)C[C@H]1C(F)(F)F)C(C1CC1)C1CC1. The van der Waals surface area contributed by atoms with Crippen LogP contribution in [0.25, 0.3) is 0 Å². The lowest BCUT2D eigenvalue weighted by molar-refractivity contribution is -0.183. The van der Waals surface area contributed by atoms with Crippen molar-refractivity contribution in [2.24, 2.45) is 17.8 Å². The molecule has 6 rings (SSSR count). The summed E-state index contributed by atoms with van der Waals surface area (Å²) < 4.78 is 56.2. The average Bonchev–Trinajstić information content (AvgIpc) is 3.82. The number of carbonyl (C=O) groups excluding carboxylic acids is 2. The van der Waals surface area contributed by atoms with Crippen molar-refractivity contribution in [3.63, 3.8) is 0 Å². The first-order valence-electron chi connectivity index (χ1n) is 15.3. The van der Waals surface area contributed by atoms with Gasteiger partial charge in [0.1, 0.15) is 18.4 Å². The summed E-state index contributed by atoms with van der Waals surface area (Å²) in [6.07, 6.45) is -1.58. The molecule has 2 heterocycles. The normalized spacial score (nSPS) is 25.3. The Hall–Kier alpha value is -2.99. The van der Waals surface area contributed by atoms with E-state index in [0.29, 0.717) is 46.5 Å². The third-order valence-corrected chi connectivity index (χ3v) is 9.51. The first-order chi connectivity index (χ1) is 20.4. The van der Waals surface area contributed by atoms with Gasteiger partial charge in [-0.25, -0.2) is 4.39 Å². The number of rotatable bonds is 10. The summed E-state index contributed by atoms with van der Waals surface area (Å²) in [5.74, 6) is -0.821. The van der Waals surface area contributed by atoms with E-state index in [0.717, 1.165) is 31.2 Å². The van der Waals surface area contributed by atoms with E-state index in [1.807, 2.05) is 13.8 Å². The predicted octanol–water partition coefficient (Wildman–Crippen LogP) is 5.02. The lowest BCUT2D eigenvalue weighted by Crippen LogP contribution is -2.49. The maximum atomic E-state index is 14.0. The number of aryl methyl sites for hydroxylation is 1. The van der Waals surface area contributed by atoms with E-state index in [2.05, 4.69) is 15.7 Å². The highest BCUT2D eigenvalue weighted by atomic mass is 19.4. The number of nitrogens with one attached hydrogen (secondary N) is 2. The number of aliphatic hydroxyl groups is 1. The largest absolute Gasteiger partial charge is 0.408 e. The number of aliphatic hydroxyl groups excluding tert-OH is 1. The van der Waals surface area contributed by atoms with Crippen LogP contribution in [0.3, 0.4) is 0 Å². The second-order valence-electron chi connectivity index (χ2n) is 13.0. The van der Waals surface area contributed by atoms with E-state index in [9.17, 15) is 32.3 Å². The molecule has 3 fully saturated rings. The van der Waals surface area contributed by atoms with Gasteiger partial charge in [0.15, 0.2) is 0 Å². The molecule has 4 aliphatic rings. The van der Waals surface area contributed by atoms with E-state index < -0.39 is 55.5 Å². The quantitative estimate of drug-likeness (QED) is 0.261. The molecule has 234 valence electrons. The summed E-state index contributed by atoms with van der Waals surface area (Å²) >= 11 is 0. The lowest BCUT2D eigenvalue weighted by Gasteiger charge is -2.30. The van der Waals surface area contributed by atoms with Gasteiger partial charge in [0, 0.05) is 24.3 Å². The van der Waals surface area contributed by atoms with Gasteiger partial charge >= 0.3 is 6.18 Å². The van der Waals surface area contributed by atoms with Gasteiger partial charge in [-0.05, 0) is 99.5 Å². The fourth-order valence-electron chi connectivity index (χ4n) is 7.19. The highest BCUT2D eigenvalue weighted by Gasteiger charge is 2.52. The summed E-state index contributed by atoms with van der Waals surface area (Å²) in [6.45, 7) is 3.38. The van der Waals surface area contributed by atoms with Gasteiger partial charge in [-0.15, -0.1) is 0 Å². The van der Waals surface area contributed by atoms with Crippen molar-refractivity contribution in [3.05, 3.63) is 47.3 Å². The second-order valence-corrected chi connectivity index (χ2v) is 13.0. The Morgan fingerprint density at radius 1 is 1.07 bits per heavy atom. The summed E-state index contributed by atoms with van der Waals surface area (Å²) in [5, 5.41) is 21.7. The number of carbonyl (C=O) groups is 2. The monoisotopic (exact) mass is 605 g/mol. The third-order valence-electron chi connectivity index (χ3n) is 9.51. The fourth-order valence-corrected chi connectivity index (χ4v) is 7.19. The van der Waals surface area contributed by atoms with Crippen LogP contribution in [-0.4, -0.2) is 62.6 Å². The molecule has 2 unspecified atom stereocenters. The Balaban J connectivity index is 1.19. The van der Waals surface area contributed by atoms with Crippen molar-refractivity contribution in [2.75, 3.05) is 11.9 Å². The highest BCUT2D eigenvalue weighted by molar-refractivity contribution is 5.95. The number of aromatic nitrogens is 2. The molecule has 3 aliphatic carbocycles. The van der Waals surface area contributed by atoms with Crippen LogP contribution in [0.2, 0.25) is 0 Å². The summed E-state index contributed by atoms with van der Waals surface area (Å²) in [6, 6.07) is 4.13. The second kappa shape index (κ2) is 11.5. The van der Waals surface area contributed by atoms with Crippen molar-refractivity contribution in [3.8, 4) is 0 Å². The molecule has 12 heteroatoms. The number of fused-ring (bicyclic) bond motifs is 1. The molecule has 2 saturated carbocycles. The van der Waals surface area contributed by atoms with Crippen LogP contribution < -0.4 is 10.6 Å². The predicted molar refractivity (Wildman–Crippen MR) is 151 cm³/mol. The van der Waals surface area contributed by atoms with Gasteiger partial charge in [0.2, 0.25) is 11.8 Å². The van der Waals surface area contributed by atoms with Crippen LogP contribution in [0.5, 0.6) is 0 Å². The first-order valence-corrected chi connectivity index (χ1v) is 15.3. The molecule has 1 aliphatic heterocycles. The van der Waals surface area contributed by atoms with Crippen LogP contribution in [0.4, 0.5) is 23.2 Å². The number of likely N-dealkylation sites (tertiary alicyclic amines) is 1. The fraction of sp³-hybridized carbons (Fsp3) is 0.645. The molecule has 8 nitrogen and oxygen atoms in total. The zero-order valence-electron chi connectivity index (χ0n) is 24.4. The van der Waals surface area contributed by atoms with Gasteiger partial charge < -0.3 is 15.3 Å². The number of nitrogens with zero attached hydrogens (tertiary/aromatic N) is 3. The lowest BCUT2D eigenvalue weighted by atomic mass is 9.88. The molecule has 1 aromatic heterocycles. The molecule has 5 atom stereocenters. The van der Waals surface area contributed by atoms with E-state index in [1.165, 1.54) is 0 Å². The Bertz CT molecular complexity index is 1340. The summed E-state index contributed by atoms with van der Waals surface area (Å²) in [7, 11) is 0. The van der Waals surface area contributed by atoms with Gasteiger partial charge in [0.25, 0.3) is 0 Å². The molecule has 0 spiro atoms. The number of hydrogen-bond donors (Lipinski definition) is 3. The number of alkyl halides is 4. The summed E-state index contributed by atoms with van der Waals surface area (Å²) in [5.41, 5.74) is 2.50. The molecular weight excluding hydrogens is 566 g/mol. The van der Waals surface area contributed by atoms with E-state index >= 15 is 0 Å². The first kappa shape index (κ1) is 30.1. The number of hydrogen-bond acceptors (Lipinski definition) is 5. The number of anilines is 1. The maximum Gasteiger partial charge on any atom is 0.408 e. The van der Waals surface area contributed by atoms with Gasteiger partial charge in [-0.2, -0.15) is 18.3 Å². The summed E-state index contributed by atoms with van der Waals surface area (Å²) in [4.78, 5) is 27.7. The molecule has 0 bridgehead atoms. The minimum atomic E-state index is -4.68. The molecule has 1 saturated heterocycles. The maximum absolute atomic E-state index is 14.0. The number of benzene rings is 1. The van der Waals surface area contributed by atoms with Gasteiger partial charge in [-0.1, -0.05) is 6.07 Å². The zero-order valence-corrected chi connectivity index (χ0v) is 24.4. The van der Waals surface area contributed by atoms with Crippen molar-refractivity contribution in [1.29, 1.82) is 0 Å². The molecule has 43 heavy (non-hydrogen) atoms. The molecule has 1 aromatic carbocycles. The highest BCUT2D eigenvalue weighted by Crippen LogP contribution is 2.51. The van der Waals surface area contributed by atoms with Crippen molar-refractivity contribution >= 4 is 17.5 Å². The third kappa shape index (κ3) is 6.18. The topological polar surface area (TPSA) is 99.5 Å². The Labute approximate surface area is 248 Å². The van der Waals surface area contributed by atoms with Crippen LogP contribution in [0.15, 0.2) is 30.5 Å². The standard InChI is InChI=1S/C31H39F4N5O3/c1-16(2)40-24(11-12-36-40)28(41)38-27(26(17-3-4-17)18-5-6-18)29(42)37-21-8-10-22-19(13-21)7-9-23(22)30(43)39-15-20(32)14-25(39)31(33,34)35/h8,10-13,16-18,20,23,25-28,38,41H,3-7,9,14-15H2,1-2H3,(H,37,42)/t20-,23?,25-,27-,28?/m0/s1. The van der Waals surface area contributed by atoms with Crippen LogP contribution in [-0.2, 0) is 16.0 Å². The van der Waals surface area contributed by atoms with Crippen molar-refractivity contribution in [1.82, 2.24) is 20.0 Å². The zero-order chi connectivity index (χ0) is 30.6. The van der Waals surface area contributed by atoms with E-state index in [4.69, 9.17) is 0 Å². The van der Waals surface area contributed by atoms with Gasteiger partial charge in [-0.3, -0.25) is 19.6 Å². The number of amides is 2. The Kier molecular flexibility index (Phi) is 8.04. The molecule has 3 N–H and O–H groups in total. The minimum absolute atomic E-state index is 0.0294. The molecule has 0 radical (unpaired) electrons. The molecular formula is C31H39F4N5O3. The van der Waals surface area contributed by atoms with E-state index in [1.54, 1.807) is 35.1 Å². The average molecular weight is 606 g/mol. The van der Waals surface area contributed by atoms with Crippen molar-refractivity contribution < 1.29 is 32.3 Å². The smallest absolute Gasteiger partial charge is 0.373 e. The minimum Gasteiger partial charge on any atom is -0.373 e. The molecule has 2 amide bonds. The van der Waals surface area contributed by atoms with Crippen LogP contribution >= 0.6 is 0 Å². The van der Waals surface area contributed by atoms with Crippen molar-refractivity contribution in [2.45, 2.75) is 101 Å². The van der Waals surface area contributed by atoms with E-state index in [-0.39, 0.29) is 17.9 Å². The molecule has 2 aromatic rings. The van der Waals surface area contributed by atoms with Crippen LogP contribution in [0, 0.1) is 17.8 Å². The van der Waals surface area contributed by atoms with Crippen LogP contribution in [0.1, 0.15) is 87.4 Å².